The predicted molar refractivity (Wildman–Crippen MR) is 102 cm³/mol. The summed E-state index contributed by atoms with van der Waals surface area (Å²) < 4.78 is 5.78. The van der Waals surface area contributed by atoms with Gasteiger partial charge in [0.2, 0.25) is 0 Å². The molecule has 0 saturated carbocycles. The van der Waals surface area contributed by atoms with Gasteiger partial charge in [0.25, 0.3) is 0 Å². The molecule has 0 heterocycles. The lowest BCUT2D eigenvalue weighted by Crippen LogP contribution is -3.14. The lowest BCUT2D eigenvalue weighted by Gasteiger charge is -2.25. The van der Waals surface area contributed by atoms with Gasteiger partial charge in [0.1, 0.15) is 25.0 Å². The third kappa shape index (κ3) is 8.16. The van der Waals surface area contributed by atoms with E-state index in [1.807, 2.05) is 12.1 Å². The van der Waals surface area contributed by atoms with Crippen LogP contribution in [0.2, 0.25) is 0 Å². The number of aliphatic hydroxyl groups is 1. The molecule has 0 unspecified atom stereocenters. The van der Waals surface area contributed by atoms with Crippen LogP contribution in [0.3, 0.4) is 0 Å². The van der Waals surface area contributed by atoms with Gasteiger partial charge in [0.05, 0.1) is 13.1 Å². The van der Waals surface area contributed by atoms with Gasteiger partial charge in [0, 0.05) is 11.8 Å². The summed E-state index contributed by atoms with van der Waals surface area (Å²) in [4.78, 5) is 1.46. The second kappa shape index (κ2) is 9.43. The Morgan fingerprint density at radius 3 is 1.83 bits per heavy atom. The molecule has 24 heavy (non-hydrogen) atoms. The molecule has 0 spiro atoms. The normalized spacial score (nSPS) is 13.8. The van der Waals surface area contributed by atoms with E-state index in [4.69, 9.17) is 4.74 Å². The fraction of sp³-hybridized carbons (Fsp3) is 0.714. The number of hydrogen-bond donors (Lipinski definition) is 2. The molecule has 0 bridgehead atoms. The van der Waals surface area contributed by atoms with E-state index in [0.717, 1.165) is 25.4 Å². The molecule has 0 radical (unpaired) electrons. The minimum atomic E-state index is -0.431. The van der Waals surface area contributed by atoms with Crippen molar-refractivity contribution in [3.05, 3.63) is 29.8 Å². The van der Waals surface area contributed by atoms with Crippen LogP contribution in [-0.2, 0) is 5.41 Å². The van der Waals surface area contributed by atoms with Crippen LogP contribution in [0.4, 0.5) is 0 Å². The SMILES string of the molecule is CC(C)C[NH+](CC(C)C)C[C@@H](O)COc1ccc(C(C)(C)C)cc1. The molecule has 1 aromatic carbocycles. The van der Waals surface area contributed by atoms with E-state index in [0.29, 0.717) is 18.4 Å². The summed E-state index contributed by atoms with van der Waals surface area (Å²) in [5.74, 6) is 2.10. The van der Waals surface area contributed by atoms with Crippen LogP contribution in [-0.4, -0.2) is 37.5 Å². The van der Waals surface area contributed by atoms with E-state index >= 15 is 0 Å². The van der Waals surface area contributed by atoms with Crippen LogP contribution >= 0.6 is 0 Å². The molecule has 1 aromatic rings. The average Bonchev–Trinajstić information content (AvgIpc) is 2.43. The third-order valence-corrected chi connectivity index (χ3v) is 4.08. The summed E-state index contributed by atoms with van der Waals surface area (Å²) in [5.41, 5.74) is 1.44. The Balaban J connectivity index is 2.50. The van der Waals surface area contributed by atoms with E-state index in [1.54, 1.807) is 0 Å². The molecule has 1 atom stereocenters. The standard InChI is InChI=1S/C21H37NO2/c1-16(2)12-22(13-17(3)4)14-19(23)15-24-20-10-8-18(9-11-20)21(5,6)7/h8-11,16-17,19,23H,12-15H2,1-7H3/p+1/t19-/m1/s1. The highest BCUT2D eigenvalue weighted by molar-refractivity contribution is 5.31. The van der Waals surface area contributed by atoms with Crippen molar-refractivity contribution in [1.29, 1.82) is 0 Å². The number of quaternary nitrogens is 1. The Bertz CT molecular complexity index is 450. The molecule has 0 fully saturated rings. The molecule has 3 nitrogen and oxygen atoms in total. The first-order valence-corrected chi connectivity index (χ1v) is 9.33. The molecule has 3 heteroatoms. The minimum Gasteiger partial charge on any atom is -0.491 e. The predicted octanol–water partition coefficient (Wildman–Crippen LogP) is 2.92. The van der Waals surface area contributed by atoms with Crippen molar-refractivity contribution in [3.63, 3.8) is 0 Å². The second-order valence-electron chi connectivity index (χ2n) is 8.89. The molecule has 2 N–H and O–H groups in total. The van der Waals surface area contributed by atoms with Gasteiger partial charge < -0.3 is 14.7 Å². The summed E-state index contributed by atoms with van der Waals surface area (Å²) in [7, 11) is 0. The molecule has 0 saturated heterocycles. The highest BCUT2D eigenvalue weighted by Gasteiger charge is 2.18. The first kappa shape index (κ1) is 21.0. The molecule has 0 amide bonds. The lowest BCUT2D eigenvalue weighted by atomic mass is 9.87. The van der Waals surface area contributed by atoms with Gasteiger partial charge in [-0.3, -0.25) is 0 Å². The molecule has 1 rings (SSSR count). The summed E-state index contributed by atoms with van der Waals surface area (Å²) >= 11 is 0. The Kier molecular flexibility index (Phi) is 8.24. The van der Waals surface area contributed by atoms with Gasteiger partial charge in [-0.05, 0) is 23.1 Å². The van der Waals surface area contributed by atoms with Crippen molar-refractivity contribution in [3.8, 4) is 5.75 Å². The van der Waals surface area contributed by atoms with E-state index in [1.165, 1.54) is 10.5 Å². The van der Waals surface area contributed by atoms with Crippen LogP contribution in [0.25, 0.3) is 0 Å². The summed E-state index contributed by atoms with van der Waals surface area (Å²) in [6.45, 7) is 18.8. The maximum absolute atomic E-state index is 10.3. The van der Waals surface area contributed by atoms with Crippen LogP contribution in [0, 0.1) is 11.8 Å². The topological polar surface area (TPSA) is 33.9 Å². The van der Waals surface area contributed by atoms with Crippen molar-refractivity contribution in [1.82, 2.24) is 0 Å². The number of rotatable bonds is 9. The number of ether oxygens (including phenoxy) is 1. The molecular formula is C21H38NO2+. The highest BCUT2D eigenvalue weighted by Crippen LogP contribution is 2.24. The lowest BCUT2D eigenvalue weighted by molar-refractivity contribution is -0.909. The molecular weight excluding hydrogens is 298 g/mol. The maximum Gasteiger partial charge on any atom is 0.137 e. The van der Waals surface area contributed by atoms with Crippen LogP contribution in [0.1, 0.15) is 54.0 Å². The smallest absolute Gasteiger partial charge is 0.137 e. The zero-order valence-corrected chi connectivity index (χ0v) is 16.7. The largest absolute Gasteiger partial charge is 0.491 e. The van der Waals surface area contributed by atoms with Gasteiger partial charge in [-0.2, -0.15) is 0 Å². The molecule has 0 aliphatic rings. The van der Waals surface area contributed by atoms with Crippen molar-refractivity contribution >= 4 is 0 Å². The Morgan fingerprint density at radius 1 is 0.917 bits per heavy atom. The Hall–Kier alpha value is -1.06. The number of hydrogen-bond acceptors (Lipinski definition) is 2. The number of nitrogens with one attached hydrogen (secondary N) is 1. The summed E-state index contributed by atoms with van der Waals surface area (Å²) in [5, 5.41) is 10.3. The average molecular weight is 337 g/mol. The number of aliphatic hydroxyl groups excluding tert-OH is 1. The third-order valence-electron chi connectivity index (χ3n) is 4.08. The van der Waals surface area contributed by atoms with Gasteiger partial charge in [-0.15, -0.1) is 0 Å². The van der Waals surface area contributed by atoms with Crippen molar-refractivity contribution in [2.24, 2.45) is 11.8 Å². The van der Waals surface area contributed by atoms with E-state index in [9.17, 15) is 5.11 Å². The van der Waals surface area contributed by atoms with E-state index in [2.05, 4.69) is 60.6 Å². The Labute approximate surface area is 149 Å². The van der Waals surface area contributed by atoms with Crippen molar-refractivity contribution in [2.45, 2.75) is 60.0 Å². The quantitative estimate of drug-likeness (QED) is 0.727. The molecule has 0 aromatic heterocycles. The fourth-order valence-electron chi connectivity index (χ4n) is 3.04. The van der Waals surface area contributed by atoms with Gasteiger partial charge >= 0.3 is 0 Å². The van der Waals surface area contributed by atoms with Gasteiger partial charge in [-0.1, -0.05) is 60.6 Å². The first-order chi connectivity index (χ1) is 11.1. The van der Waals surface area contributed by atoms with Gasteiger partial charge in [0.15, 0.2) is 0 Å². The highest BCUT2D eigenvalue weighted by atomic mass is 16.5. The number of benzene rings is 1. The van der Waals surface area contributed by atoms with Gasteiger partial charge in [-0.25, -0.2) is 0 Å². The van der Waals surface area contributed by atoms with Crippen molar-refractivity contribution in [2.75, 3.05) is 26.2 Å². The molecule has 138 valence electrons. The zero-order chi connectivity index (χ0) is 18.3. The van der Waals surface area contributed by atoms with Crippen LogP contribution in [0.5, 0.6) is 5.75 Å². The zero-order valence-electron chi connectivity index (χ0n) is 16.7. The summed E-state index contributed by atoms with van der Waals surface area (Å²) in [6, 6.07) is 8.22. The van der Waals surface area contributed by atoms with Crippen molar-refractivity contribution < 1.29 is 14.7 Å². The van der Waals surface area contributed by atoms with Crippen LogP contribution < -0.4 is 9.64 Å². The van der Waals surface area contributed by atoms with E-state index in [-0.39, 0.29) is 5.41 Å². The van der Waals surface area contributed by atoms with Crippen LogP contribution in [0.15, 0.2) is 24.3 Å². The summed E-state index contributed by atoms with van der Waals surface area (Å²) in [6.07, 6.45) is -0.431. The monoisotopic (exact) mass is 336 g/mol. The fourth-order valence-corrected chi connectivity index (χ4v) is 3.04. The minimum absolute atomic E-state index is 0.148. The maximum atomic E-state index is 10.3. The molecule has 0 aliphatic carbocycles. The Morgan fingerprint density at radius 2 is 1.42 bits per heavy atom. The first-order valence-electron chi connectivity index (χ1n) is 9.33. The molecule has 0 aliphatic heterocycles. The van der Waals surface area contributed by atoms with E-state index < -0.39 is 6.10 Å². The second-order valence-corrected chi connectivity index (χ2v) is 8.89.